The smallest absolute Gasteiger partial charge is 0.272 e. The fraction of sp³-hybridized carbons (Fsp3) is 0.182. The summed E-state index contributed by atoms with van der Waals surface area (Å²) in [5, 5.41) is 10.1. The summed E-state index contributed by atoms with van der Waals surface area (Å²) in [6.45, 7) is 0.319. The average molecular weight is 233 g/mol. The first-order valence-corrected chi connectivity index (χ1v) is 4.98. The van der Waals surface area contributed by atoms with Crippen LogP contribution in [0.2, 0.25) is 0 Å². The van der Waals surface area contributed by atoms with Crippen molar-refractivity contribution in [3.63, 3.8) is 0 Å². The summed E-state index contributed by atoms with van der Waals surface area (Å²) in [7, 11) is 1.49. The number of hydrogen-bond donors (Lipinski definition) is 1. The number of ether oxygens (including phenoxy) is 1. The second kappa shape index (κ2) is 5.11. The van der Waals surface area contributed by atoms with Crippen LogP contribution in [-0.2, 0) is 6.54 Å². The van der Waals surface area contributed by atoms with Crippen LogP contribution in [0, 0.1) is 0 Å². The van der Waals surface area contributed by atoms with Gasteiger partial charge >= 0.3 is 0 Å². The Morgan fingerprint density at radius 1 is 1.41 bits per heavy atom. The van der Waals surface area contributed by atoms with Crippen molar-refractivity contribution in [2.45, 2.75) is 6.54 Å². The lowest BCUT2D eigenvalue weighted by Crippen LogP contribution is -2.23. The van der Waals surface area contributed by atoms with Gasteiger partial charge in [0.15, 0.2) is 5.69 Å². The predicted molar refractivity (Wildman–Crippen MR) is 58.5 cm³/mol. The highest BCUT2D eigenvalue weighted by atomic mass is 16.5. The molecule has 2 heterocycles. The van der Waals surface area contributed by atoms with Gasteiger partial charge in [-0.05, 0) is 18.2 Å². The number of furan rings is 1. The maximum absolute atomic E-state index is 11.6. The van der Waals surface area contributed by atoms with Crippen molar-refractivity contribution in [1.29, 1.82) is 0 Å². The van der Waals surface area contributed by atoms with Gasteiger partial charge in [0, 0.05) is 6.07 Å². The lowest BCUT2D eigenvalue weighted by Gasteiger charge is -2.02. The van der Waals surface area contributed by atoms with E-state index in [0.717, 1.165) is 0 Å². The van der Waals surface area contributed by atoms with Crippen LogP contribution in [0.25, 0.3) is 0 Å². The van der Waals surface area contributed by atoms with Crippen LogP contribution in [0.5, 0.6) is 5.88 Å². The molecule has 0 aliphatic carbocycles. The normalized spacial score (nSPS) is 9.94. The summed E-state index contributed by atoms with van der Waals surface area (Å²) in [6, 6.07) is 6.66. The molecule has 0 spiro atoms. The number of amides is 1. The molecular formula is C11H11N3O3. The zero-order valence-corrected chi connectivity index (χ0v) is 9.21. The third-order valence-electron chi connectivity index (χ3n) is 2.09. The van der Waals surface area contributed by atoms with Crippen LogP contribution in [0.15, 0.2) is 34.9 Å². The van der Waals surface area contributed by atoms with Crippen LogP contribution >= 0.6 is 0 Å². The summed E-state index contributed by atoms with van der Waals surface area (Å²) >= 11 is 0. The van der Waals surface area contributed by atoms with Gasteiger partial charge in [-0.15, -0.1) is 10.2 Å². The first-order valence-electron chi connectivity index (χ1n) is 4.98. The Hall–Kier alpha value is -2.37. The Morgan fingerprint density at radius 2 is 2.29 bits per heavy atom. The van der Waals surface area contributed by atoms with Gasteiger partial charge in [0.1, 0.15) is 5.76 Å². The number of carbonyl (C=O) groups excluding carboxylic acids is 1. The highest BCUT2D eigenvalue weighted by Gasteiger charge is 2.08. The van der Waals surface area contributed by atoms with Gasteiger partial charge in [-0.25, -0.2) is 0 Å². The highest BCUT2D eigenvalue weighted by Crippen LogP contribution is 2.04. The molecule has 0 saturated heterocycles. The van der Waals surface area contributed by atoms with E-state index in [-0.39, 0.29) is 11.6 Å². The monoisotopic (exact) mass is 233 g/mol. The van der Waals surface area contributed by atoms with Gasteiger partial charge in [0.25, 0.3) is 5.91 Å². The average Bonchev–Trinajstić information content (AvgIpc) is 2.89. The Bertz CT molecular complexity index is 479. The van der Waals surface area contributed by atoms with Crippen LogP contribution < -0.4 is 10.1 Å². The van der Waals surface area contributed by atoms with Crippen molar-refractivity contribution in [2.24, 2.45) is 0 Å². The number of methoxy groups -OCH3 is 1. The summed E-state index contributed by atoms with van der Waals surface area (Å²) < 4.78 is 9.93. The molecule has 0 aromatic carbocycles. The lowest BCUT2D eigenvalue weighted by molar-refractivity contribution is 0.0942. The van der Waals surface area contributed by atoms with Crippen molar-refractivity contribution in [3.8, 4) is 5.88 Å². The Labute approximate surface area is 97.6 Å². The van der Waals surface area contributed by atoms with E-state index in [2.05, 4.69) is 15.5 Å². The van der Waals surface area contributed by atoms with E-state index in [1.54, 1.807) is 30.5 Å². The molecule has 0 aliphatic heterocycles. The number of nitrogens with one attached hydrogen (secondary N) is 1. The third-order valence-corrected chi connectivity index (χ3v) is 2.09. The molecule has 0 radical (unpaired) electrons. The van der Waals surface area contributed by atoms with Crippen molar-refractivity contribution < 1.29 is 13.9 Å². The van der Waals surface area contributed by atoms with Crippen molar-refractivity contribution >= 4 is 5.91 Å². The Kier molecular flexibility index (Phi) is 3.34. The van der Waals surface area contributed by atoms with Gasteiger partial charge in [-0.1, -0.05) is 0 Å². The van der Waals surface area contributed by atoms with Gasteiger partial charge in [0.2, 0.25) is 5.88 Å². The van der Waals surface area contributed by atoms with E-state index < -0.39 is 0 Å². The molecule has 88 valence electrons. The largest absolute Gasteiger partial charge is 0.480 e. The zero-order chi connectivity index (χ0) is 12.1. The topological polar surface area (TPSA) is 77.2 Å². The van der Waals surface area contributed by atoms with E-state index in [1.807, 2.05) is 0 Å². The van der Waals surface area contributed by atoms with E-state index in [1.165, 1.54) is 7.11 Å². The molecule has 2 aromatic heterocycles. The molecule has 1 N–H and O–H groups in total. The minimum Gasteiger partial charge on any atom is -0.480 e. The maximum Gasteiger partial charge on any atom is 0.272 e. The van der Waals surface area contributed by atoms with E-state index in [0.29, 0.717) is 18.2 Å². The van der Waals surface area contributed by atoms with Gasteiger partial charge in [-0.2, -0.15) is 0 Å². The minimum absolute atomic E-state index is 0.234. The Balaban J connectivity index is 1.95. The number of rotatable bonds is 4. The molecule has 6 nitrogen and oxygen atoms in total. The molecule has 0 atom stereocenters. The van der Waals surface area contributed by atoms with Gasteiger partial charge < -0.3 is 14.5 Å². The fourth-order valence-corrected chi connectivity index (χ4v) is 1.22. The zero-order valence-electron chi connectivity index (χ0n) is 9.21. The molecule has 2 rings (SSSR count). The van der Waals surface area contributed by atoms with Gasteiger partial charge in [-0.3, -0.25) is 4.79 Å². The molecular weight excluding hydrogens is 222 g/mol. The van der Waals surface area contributed by atoms with Crippen molar-refractivity contribution in [2.75, 3.05) is 7.11 Å². The van der Waals surface area contributed by atoms with Crippen LogP contribution in [0.4, 0.5) is 0 Å². The van der Waals surface area contributed by atoms with Crippen molar-refractivity contribution in [1.82, 2.24) is 15.5 Å². The van der Waals surface area contributed by atoms with E-state index in [4.69, 9.17) is 9.15 Å². The molecule has 6 heteroatoms. The SMILES string of the molecule is COc1ccc(C(=O)NCc2ccco2)nn1. The number of nitrogens with zero attached hydrogens (tertiary/aromatic N) is 2. The quantitative estimate of drug-likeness (QED) is 0.852. The number of carbonyl (C=O) groups is 1. The minimum atomic E-state index is -0.309. The third kappa shape index (κ3) is 2.81. The van der Waals surface area contributed by atoms with Crippen LogP contribution in [0.1, 0.15) is 16.2 Å². The molecule has 0 saturated carbocycles. The summed E-state index contributed by atoms with van der Waals surface area (Å²) in [5.74, 6) is 0.740. The molecule has 0 fully saturated rings. The second-order valence-corrected chi connectivity index (χ2v) is 3.22. The highest BCUT2D eigenvalue weighted by molar-refractivity contribution is 5.91. The van der Waals surface area contributed by atoms with Crippen LogP contribution in [-0.4, -0.2) is 23.2 Å². The van der Waals surface area contributed by atoms with Crippen LogP contribution in [0.3, 0.4) is 0 Å². The summed E-state index contributed by atoms with van der Waals surface area (Å²) in [6.07, 6.45) is 1.55. The Morgan fingerprint density at radius 3 is 2.88 bits per heavy atom. The predicted octanol–water partition coefficient (Wildman–Crippen LogP) is 1.01. The van der Waals surface area contributed by atoms with Crippen molar-refractivity contribution in [3.05, 3.63) is 42.0 Å². The molecule has 17 heavy (non-hydrogen) atoms. The van der Waals surface area contributed by atoms with Gasteiger partial charge in [0.05, 0.1) is 19.9 Å². The molecule has 0 aliphatic rings. The lowest BCUT2D eigenvalue weighted by atomic mass is 10.3. The summed E-state index contributed by atoms with van der Waals surface area (Å²) in [5.41, 5.74) is 0.234. The number of aromatic nitrogens is 2. The fourth-order valence-electron chi connectivity index (χ4n) is 1.22. The maximum atomic E-state index is 11.6. The first kappa shape index (κ1) is 11.1. The second-order valence-electron chi connectivity index (χ2n) is 3.22. The van der Waals surface area contributed by atoms with E-state index >= 15 is 0 Å². The standard InChI is InChI=1S/C11H11N3O3/c1-16-10-5-4-9(13-14-10)11(15)12-7-8-3-2-6-17-8/h2-6H,7H2,1H3,(H,12,15). The van der Waals surface area contributed by atoms with E-state index in [9.17, 15) is 4.79 Å². The number of hydrogen-bond acceptors (Lipinski definition) is 5. The first-order chi connectivity index (χ1) is 8.29. The molecule has 2 aromatic rings. The molecule has 1 amide bonds. The molecule has 0 unspecified atom stereocenters. The summed E-state index contributed by atoms with van der Waals surface area (Å²) in [4.78, 5) is 11.6. The molecule has 0 bridgehead atoms.